The van der Waals surface area contributed by atoms with Gasteiger partial charge in [0, 0.05) is 17.8 Å². The Hall–Kier alpha value is -3.22. The minimum absolute atomic E-state index is 0.261. The van der Waals surface area contributed by atoms with E-state index < -0.39 is 11.6 Å². The summed E-state index contributed by atoms with van der Waals surface area (Å²) in [7, 11) is 1.58. The van der Waals surface area contributed by atoms with Crippen LogP contribution in [0.3, 0.4) is 0 Å². The number of methoxy groups -OCH3 is 1. The summed E-state index contributed by atoms with van der Waals surface area (Å²) in [6, 6.07) is 12.5. The van der Waals surface area contributed by atoms with Crippen LogP contribution < -0.4 is 15.4 Å². The van der Waals surface area contributed by atoms with Crippen LogP contribution in [0.4, 0.5) is 31.8 Å². The van der Waals surface area contributed by atoms with E-state index in [1.807, 2.05) is 18.2 Å². The van der Waals surface area contributed by atoms with Crippen LogP contribution in [0.5, 0.6) is 5.75 Å². The van der Waals surface area contributed by atoms with E-state index in [2.05, 4.69) is 20.6 Å². The maximum Gasteiger partial charge on any atom is 0.149 e. The van der Waals surface area contributed by atoms with Gasteiger partial charge < -0.3 is 15.4 Å². The number of anilines is 4. The lowest BCUT2D eigenvalue weighted by atomic mass is 10.3. The maximum atomic E-state index is 13.7. The predicted molar refractivity (Wildman–Crippen MR) is 87.9 cm³/mol. The average Bonchev–Trinajstić information content (AvgIpc) is 2.59. The first-order chi connectivity index (χ1) is 11.7. The van der Waals surface area contributed by atoms with E-state index in [9.17, 15) is 8.78 Å². The lowest BCUT2D eigenvalue weighted by molar-refractivity contribution is 0.415. The molecule has 2 aromatic carbocycles. The minimum Gasteiger partial charge on any atom is -0.497 e. The van der Waals surface area contributed by atoms with Gasteiger partial charge in [0.1, 0.15) is 41.0 Å². The van der Waals surface area contributed by atoms with Crippen molar-refractivity contribution in [3.63, 3.8) is 0 Å². The third kappa shape index (κ3) is 3.57. The second kappa shape index (κ2) is 6.91. The first-order valence-electron chi connectivity index (χ1n) is 7.10. The van der Waals surface area contributed by atoms with Crippen molar-refractivity contribution in [2.75, 3.05) is 17.7 Å². The smallest absolute Gasteiger partial charge is 0.149 e. The fraction of sp³-hybridized carbons (Fsp3) is 0.0588. The van der Waals surface area contributed by atoms with Crippen LogP contribution in [0.25, 0.3) is 0 Å². The van der Waals surface area contributed by atoms with Gasteiger partial charge in [0.25, 0.3) is 0 Å². The molecule has 0 radical (unpaired) electrons. The van der Waals surface area contributed by atoms with E-state index in [0.29, 0.717) is 11.6 Å². The quantitative estimate of drug-likeness (QED) is 0.733. The van der Waals surface area contributed by atoms with Crippen molar-refractivity contribution in [2.24, 2.45) is 0 Å². The summed E-state index contributed by atoms with van der Waals surface area (Å²) >= 11 is 0. The van der Waals surface area contributed by atoms with Gasteiger partial charge in [0.15, 0.2) is 0 Å². The summed E-state index contributed by atoms with van der Waals surface area (Å²) in [6.45, 7) is 0. The molecule has 1 aromatic heterocycles. The van der Waals surface area contributed by atoms with Crippen molar-refractivity contribution in [1.29, 1.82) is 0 Å². The van der Waals surface area contributed by atoms with Gasteiger partial charge in [-0.25, -0.2) is 18.7 Å². The molecule has 0 fully saturated rings. The van der Waals surface area contributed by atoms with Crippen molar-refractivity contribution in [3.05, 3.63) is 66.5 Å². The lowest BCUT2D eigenvalue weighted by Crippen LogP contribution is -2.01. The van der Waals surface area contributed by atoms with E-state index in [0.717, 1.165) is 5.69 Å². The Balaban J connectivity index is 1.81. The number of benzene rings is 2. The average molecular weight is 328 g/mol. The molecule has 0 saturated heterocycles. The first-order valence-corrected chi connectivity index (χ1v) is 7.10. The summed E-state index contributed by atoms with van der Waals surface area (Å²) in [6.07, 6.45) is 1.30. The van der Waals surface area contributed by atoms with Crippen molar-refractivity contribution in [1.82, 2.24) is 9.97 Å². The number of hydrogen-bond donors (Lipinski definition) is 2. The van der Waals surface area contributed by atoms with Crippen LogP contribution in [0.1, 0.15) is 0 Å². The van der Waals surface area contributed by atoms with E-state index in [4.69, 9.17) is 4.74 Å². The molecular weight excluding hydrogens is 314 g/mol. The highest BCUT2D eigenvalue weighted by Gasteiger charge is 2.09. The zero-order valence-electron chi connectivity index (χ0n) is 12.8. The molecule has 0 aliphatic rings. The minimum atomic E-state index is -0.698. The highest BCUT2D eigenvalue weighted by Crippen LogP contribution is 2.24. The third-order valence-corrected chi connectivity index (χ3v) is 3.23. The molecule has 2 N–H and O–H groups in total. The molecule has 0 amide bonds. The molecule has 5 nitrogen and oxygen atoms in total. The summed E-state index contributed by atoms with van der Waals surface area (Å²) in [5.41, 5.74) is 0.500. The summed E-state index contributed by atoms with van der Waals surface area (Å²) in [5, 5.41) is 5.70. The second-order valence-electron chi connectivity index (χ2n) is 4.87. The molecule has 7 heteroatoms. The fourth-order valence-corrected chi connectivity index (χ4v) is 2.09. The summed E-state index contributed by atoms with van der Waals surface area (Å²) < 4.78 is 32.5. The van der Waals surface area contributed by atoms with Crippen LogP contribution >= 0.6 is 0 Å². The molecule has 0 saturated carbocycles. The Kier molecular flexibility index (Phi) is 4.51. The van der Waals surface area contributed by atoms with Crippen LogP contribution in [0.2, 0.25) is 0 Å². The molecule has 122 valence electrons. The van der Waals surface area contributed by atoms with E-state index in [1.165, 1.54) is 24.5 Å². The van der Waals surface area contributed by atoms with Gasteiger partial charge >= 0.3 is 0 Å². The van der Waals surface area contributed by atoms with Crippen LogP contribution in [-0.4, -0.2) is 17.1 Å². The molecule has 1 heterocycles. The standard InChI is InChI=1S/C17H14F2N4O/c1-24-12-5-2-4-11(8-12)22-15-9-16(21-10-20-15)23-17-13(18)6-3-7-14(17)19/h2-10H,1H3,(H2,20,21,22,23). The predicted octanol–water partition coefficient (Wildman–Crippen LogP) is 4.25. The normalized spacial score (nSPS) is 10.3. The highest BCUT2D eigenvalue weighted by molar-refractivity contribution is 5.64. The Labute approximate surface area is 137 Å². The van der Waals surface area contributed by atoms with Gasteiger partial charge in [-0.05, 0) is 24.3 Å². The maximum absolute atomic E-state index is 13.7. The molecule has 0 spiro atoms. The zero-order valence-corrected chi connectivity index (χ0v) is 12.8. The first kappa shape index (κ1) is 15.7. The largest absolute Gasteiger partial charge is 0.497 e. The number of aromatic nitrogens is 2. The van der Waals surface area contributed by atoms with Crippen LogP contribution in [0.15, 0.2) is 54.9 Å². The molecule has 3 rings (SSSR count). The van der Waals surface area contributed by atoms with Gasteiger partial charge in [-0.15, -0.1) is 0 Å². The highest BCUT2D eigenvalue weighted by atomic mass is 19.1. The van der Waals surface area contributed by atoms with E-state index in [1.54, 1.807) is 19.2 Å². The topological polar surface area (TPSA) is 59.1 Å². The van der Waals surface area contributed by atoms with E-state index in [-0.39, 0.29) is 11.5 Å². The Morgan fingerprint density at radius 3 is 2.25 bits per heavy atom. The molecule has 24 heavy (non-hydrogen) atoms. The summed E-state index contributed by atoms with van der Waals surface area (Å²) in [4.78, 5) is 8.06. The Morgan fingerprint density at radius 2 is 1.54 bits per heavy atom. The van der Waals surface area contributed by atoms with Crippen molar-refractivity contribution in [3.8, 4) is 5.75 Å². The lowest BCUT2D eigenvalue weighted by Gasteiger charge is -2.10. The number of rotatable bonds is 5. The number of hydrogen-bond acceptors (Lipinski definition) is 5. The number of para-hydroxylation sites is 1. The Morgan fingerprint density at radius 1 is 0.875 bits per heavy atom. The molecule has 0 aliphatic heterocycles. The number of nitrogens with zero attached hydrogens (tertiary/aromatic N) is 2. The van der Waals surface area contributed by atoms with Crippen LogP contribution in [0, 0.1) is 11.6 Å². The number of halogens is 2. The van der Waals surface area contributed by atoms with Gasteiger partial charge in [-0.2, -0.15) is 0 Å². The van der Waals surface area contributed by atoms with Gasteiger partial charge in [0.2, 0.25) is 0 Å². The molecule has 3 aromatic rings. The SMILES string of the molecule is COc1cccc(Nc2cc(Nc3c(F)cccc3F)ncn2)c1. The molecule has 0 bridgehead atoms. The van der Waals surface area contributed by atoms with Crippen molar-refractivity contribution >= 4 is 23.0 Å². The van der Waals surface area contributed by atoms with E-state index >= 15 is 0 Å². The third-order valence-electron chi connectivity index (χ3n) is 3.23. The number of ether oxygens (including phenoxy) is 1. The van der Waals surface area contributed by atoms with Gasteiger partial charge in [-0.1, -0.05) is 12.1 Å². The number of nitrogens with one attached hydrogen (secondary N) is 2. The van der Waals surface area contributed by atoms with Crippen molar-refractivity contribution in [2.45, 2.75) is 0 Å². The van der Waals surface area contributed by atoms with Crippen LogP contribution in [-0.2, 0) is 0 Å². The Bertz CT molecular complexity index is 837. The van der Waals surface area contributed by atoms with Crippen molar-refractivity contribution < 1.29 is 13.5 Å². The zero-order chi connectivity index (χ0) is 16.9. The fourth-order valence-electron chi connectivity index (χ4n) is 2.09. The molecule has 0 aliphatic carbocycles. The monoisotopic (exact) mass is 328 g/mol. The van der Waals surface area contributed by atoms with Gasteiger partial charge in [-0.3, -0.25) is 0 Å². The molecule has 0 atom stereocenters. The molecular formula is C17H14F2N4O. The summed E-state index contributed by atoms with van der Waals surface area (Å²) in [5.74, 6) is 0.0320. The van der Waals surface area contributed by atoms with Gasteiger partial charge in [0.05, 0.1) is 7.11 Å². The second-order valence-corrected chi connectivity index (χ2v) is 4.87. The molecule has 0 unspecified atom stereocenters.